The van der Waals surface area contributed by atoms with E-state index in [9.17, 15) is 4.79 Å². The molecule has 1 rings (SSSR count). The Kier molecular flexibility index (Phi) is 7.79. The fraction of sp³-hybridized carbons (Fsp3) is 0.500. The van der Waals surface area contributed by atoms with E-state index in [1.807, 2.05) is 31.3 Å². The van der Waals surface area contributed by atoms with Crippen LogP contribution in [-0.4, -0.2) is 19.0 Å². The third-order valence-corrected chi connectivity index (χ3v) is 4.19. The monoisotopic (exact) mass is 299 g/mol. The third kappa shape index (κ3) is 5.59. The fourth-order valence-electron chi connectivity index (χ4n) is 2.63. The second kappa shape index (κ2) is 9.34. The summed E-state index contributed by atoms with van der Waals surface area (Å²) in [6.45, 7) is 10.4. The molecule has 0 aliphatic carbocycles. The standard InChI is InChI=1S/C20H29NO/c1-6-7-8-17(15(2)3)11-12-20(22)18-10-9-16(4)19(13-18)14-21-5/h9-10,13-14,17H,2,6-8,11-12H2,1,3-5H3/t17-/m1/s1. The van der Waals surface area contributed by atoms with Gasteiger partial charge in [0.1, 0.15) is 0 Å². The van der Waals surface area contributed by atoms with Crippen molar-refractivity contribution in [3.05, 3.63) is 47.0 Å². The van der Waals surface area contributed by atoms with Crippen LogP contribution in [0.15, 0.2) is 35.3 Å². The number of hydrogen-bond donors (Lipinski definition) is 0. The van der Waals surface area contributed by atoms with Crippen LogP contribution in [-0.2, 0) is 0 Å². The molecule has 0 aromatic heterocycles. The minimum atomic E-state index is 0.216. The average molecular weight is 299 g/mol. The minimum absolute atomic E-state index is 0.216. The second-order valence-electron chi connectivity index (χ2n) is 6.11. The normalized spacial score (nSPS) is 12.5. The Morgan fingerprint density at radius 2 is 2.09 bits per heavy atom. The van der Waals surface area contributed by atoms with Gasteiger partial charge in [-0.2, -0.15) is 0 Å². The SMILES string of the molecule is C=C(C)[C@H](CCCC)CCC(=O)c1ccc(C)c(C=NC)c1. The van der Waals surface area contributed by atoms with Gasteiger partial charge in [-0.05, 0) is 49.8 Å². The number of carbonyl (C=O) groups excluding carboxylic acids is 1. The van der Waals surface area contributed by atoms with Crippen molar-refractivity contribution < 1.29 is 4.79 Å². The molecule has 0 unspecified atom stereocenters. The quantitative estimate of drug-likeness (QED) is 0.341. The van der Waals surface area contributed by atoms with Crippen molar-refractivity contribution >= 4 is 12.0 Å². The van der Waals surface area contributed by atoms with E-state index in [2.05, 4.69) is 25.4 Å². The number of aliphatic imine (C=N–C) groups is 1. The molecule has 0 amide bonds. The summed E-state index contributed by atoms with van der Waals surface area (Å²) in [4.78, 5) is 16.5. The highest BCUT2D eigenvalue weighted by molar-refractivity contribution is 5.98. The number of hydrogen-bond acceptors (Lipinski definition) is 2. The summed E-state index contributed by atoms with van der Waals surface area (Å²) in [5.41, 5.74) is 4.15. The molecule has 2 nitrogen and oxygen atoms in total. The van der Waals surface area contributed by atoms with Crippen molar-refractivity contribution in [1.82, 2.24) is 0 Å². The van der Waals surface area contributed by atoms with Gasteiger partial charge in [0.05, 0.1) is 0 Å². The fourth-order valence-corrected chi connectivity index (χ4v) is 2.63. The lowest BCUT2D eigenvalue weighted by molar-refractivity contribution is 0.0975. The molecule has 2 heteroatoms. The van der Waals surface area contributed by atoms with Crippen molar-refractivity contribution in [3.63, 3.8) is 0 Å². The lowest BCUT2D eigenvalue weighted by atomic mass is 9.89. The number of ketones is 1. The number of aryl methyl sites for hydroxylation is 1. The van der Waals surface area contributed by atoms with E-state index in [1.54, 1.807) is 7.05 Å². The van der Waals surface area contributed by atoms with Gasteiger partial charge in [0, 0.05) is 25.2 Å². The summed E-state index contributed by atoms with van der Waals surface area (Å²) in [5.74, 6) is 0.680. The molecule has 0 fully saturated rings. The topological polar surface area (TPSA) is 29.4 Å². The number of rotatable bonds is 9. The van der Waals surface area contributed by atoms with E-state index in [-0.39, 0.29) is 5.78 Å². The molecule has 1 aromatic rings. The zero-order valence-electron chi connectivity index (χ0n) is 14.5. The van der Waals surface area contributed by atoms with E-state index in [1.165, 1.54) is 18.4 Å². The van der Waals surface area contributed by atoms with Gasteiger partial charge in [0.2, 0.25) is 0 Å². The van der Waals surface area contributed by atoms with E-state index in [0.29, 0.717) is 12.3 Å². The van der Waals surface area contributed by atoms with Gasteiger partial charge in [-0.1, -0.05) is 44.1 Å². The molecule has 1 atom stereocenters. The molecule has 0 N–H and O–H groups in total. The van der Waals surface area contributed by atoms with E-state index in [4.69, 9.17) is 0 Å². The van der Waals surface area contributed by atoms with Crippen LogP contribution < -0.4 is 0 Å². The van der Waals surface area contributed by atoms with Crippen LogP contribution in [0, 0.1) is 12.8 Å². The van der Waals surface area contributed by atoms with E-state index < -0.39 is 0 Å². The summed E-state index contributed by atoms with van der Waals surface area (Å²) in [5, 5.41) is 0. The summed E-state index contributed by atoms with van der Waals surface area (Å²) in [6.07, 6.45) is 6.83. The summed E-state index contributed by atoms with van der Waals surface area (Å²) in [6, 6.07) is 5.87. The maximum absolute atomic E-state index is 12.4. The first-order valence-electron chi connectivity index (χ1n) is 8.21. The maximum atomic E-state index is 12.4. The van der Waals surface area contributed by atoms with Crippen LogP contribution in [0.1, 0.15) is 67.4 Å². The van der Waals surface area contributed by atoms with Gasteiger partial charge in [0.15, 0.2) is 5.78 Å². The number of carbonyl (C=O) groups is 1. The molecule has 0 radical (unpaired) electrons. The van der Waals surface area contributed by atoms with Gasteiger partial charge < -0.3 is 0 Å². The van der Waals surface area contributed by atoms with Crippen molar-refractivity contribution in [2.24, 2.45) is 10.9 Å². The number of benzene rings is 1. The summed E-state index contributed by atoms with van der Waals surface area (Å²) in [7, 11) is 1.75. The molecule has 0 heterocycles. The van der Waals surface area contributed by atoms with Crippen LogP contribution in [0.4, 0.5) is 0 Å². The van der Waals surface area contributed by atoms with Gasteiger partial charge >= 0.3 is 0 Å². The Hall–Kier alpha value is -1.70. The number of unbranched alkanes of at least 4 members (excludes halogenated alkanes) is 1. The highest BCUT2D eigenvalue weighted by atomic mass is 16.1. The molecule has 1 aromatic carbocycles. The molecule has 0 bridgehead atoms. The smallest absolute Gasteiger partial charge is 0.162 e. The first-order valence-corrected chi connectivity index (χ1v) is 8.21. The highest BCUT2D eigenvalue weighted by Gasteiger charge is 2.13. The van der Waals surface area contributed by atoms with Crippen LogP contribution >= 0.6 is 0 Å². The Bertz CT molecular complexity index is 543. The molecule has 0 saturated heterocycles. The van der Waals surface area contributed by atoms with Gasteiger partial charge in [-0.25, -0.2) is 0 Å². The number of nitrogens with zero attached hydrogens (tertiary/aromatic N) is 1. The zero-order chi connectivity index (χ0) is 16.5. The Labute approximate surface area is 135 Å². The molecule has 22 heavy (non-hydrogen) atoms. The molecule has 0 spiro atoms. The van der Waals surface area contributed by atoms with Crippen molar-refractivity contribution in [1.29, 1.82) is 0 Å². The third-order valence-electron chi connectivity index (χ3n) is 4.19. The molecule has 0 aliphatic rings. The molecule has 120 valence electrons. The molecular formula is C20H29NO. The van der Waals surface area contributed by atoms with E-state index >= 15 is 0 Å². The minimum Gasteiger partial charge on any atom is -0.296 e. The van der Waals surface area contributed by atoms with Crippen LogP contribution in [0.3, 0.4) is 0 Å². The molecular weight excluding hydrogens is 270 g/mol. The Morgan fingerprint density at radius 3 is 2.68 bits per heavy atom. The number of Topliss-reactive ketones (excluding diaryl/α,β-unsaturated/α-hetero) is 1. The summed E-state index contributed by atoms with van der Waals surface area (Å²) < 4.78 is 0. The summed E-state index contributed by atoms with van der Waals surface area (Å²) >= 11 is 0. The van der Waals surface area contributed by atoms with Crippen molar-refractivity contribution in [3.8, 4) is 0 Å². The highest BCUT2D eigenvalue weighted by Crippen LogP contribution is 2.23. The molecule has 0 aliphatic heterocycles. The van der Waals surface area contributed by atoms with E-state index in [0.717, 1.165) is 29.5 Å². The van der Waals surface area contributed by atoms with Crippen LogP contribution in [0.25, 0.3) is 0 Å². The predicted molar refractivity (Wildman–Crippen MR) is 96.1 cm³/mol. The maximum Gasteiger partial charge on any atom is 0.162 e. The first-order chi connectivity index (χ1) is 10.5. The van der Waals surface area contributed by atoms with Gasteiger partial charge in [-0.3, -0.25) is 9.79 Å². The lowest BCUT2D eigenvalue weighted by Gasteiger charge is -2.16. The van der Waals surface area contributed by atoms with Crippen molar-refractivity contribution in [2.45, 2.75) is 52.9 Å². The molecule has 0 saturated carbocycles. The van der Waals surface area contributed by atoms with Crippen molar-refractivity contribution in [2.75, 3.05) is 7.05 Å². The average Bonchev–Trinajstić information content (AvgIpc) is 2.49. The zero-order valence-corrected chi connectivity index (χ0v) is 14.5. The number of allylic oxidation sites excluding steroid dienone is 1. The van der Waals surface area contributed by atoms with Crippen LogP contribution in [0.2, 0.25) is 0 Å². The lowest BCUT2D eigenvalue weighted by Crippen LogP contribution is -2.07. The largest absolute Gasteiger partial charge is 0.296 e. The predicted octanol–water partition coefficient (Wildman–Crippen LogP) is 5.39. The first kappa shape index (κ1) is 18.3. The second-order valence-corrected chi connectivity index (χ2v) is 6.11. The van der Waals surface area contributed by atoms with Crippen LogP contribution in [0.5, 0.6) is 0 Å². The Balaban J connectivity index is 2.72. The van der Waals surface area contributed by atoms with Gasteiger partial charge in [-0.15, -0.1) is 0 Å². The Morgan fingerprint density at radius 1 is 1.36 bits per heavy atom. The van der Waals surface area contributed by atoms with Gasteiger partial charge in [0.25, 0.3) is 0 Å².